The molecule has 130 valence electrons. The average Bonchev–Trinajstić information content (AvgIpc) is 3.18. The molecule has 3 rings (SSSR count). The number of thiazole rings is 1. The first kappa shape index (κ1) is 17.7. The van der Waals surface area contributed by atoms with Crippen LogP contribution in [0, 0.1) is 0 Å². The Morgan fingerprint density at radius 1 is 1.40 bits per heavy atom. The number of hydrogen-bond acceptors (Lipinski definition) is 3. The highest BCUT2D eigenvalue weighted by Crippen LogP contribution is 2.22. The summed E-state index contributed by atoms with van der Waals surface area (Å²) in [6.45, 7) is 4.74. The molecule has 0 saturated carbocycles. The molecule has 0 N–H and O–H groups in total. The summed E-state index contributed by atoms with van der Waals surface area (Å²) in [7, 11) is 0. The minimum atomic E-state index is -0.0283. The maximum Gasteiger partial charge on any atom is 0.247 e. The smallest absolute Gasteiger partial charge is 0.247 e. The van der Waals surface area contributed by atoms with Crippen molar-refractivity contribution in [3.05, 3.63) is 64.4 Å². The molecule has 0 bridgehead atoms. The van der Waals surface area contributed by atoms with Gasteiger partial charge in [0.1, 0.15) is 0 Å². The van der Waals surface area contributed by atoms with E-state index in [0.717, 1.165) is 22.6 Å². The van der Waals surface area contributed by atoms with Crippen LogP contribution in [0.5, 0.6) is 0 Å². The molecule has 0 saturated heterocycles. The van der Waals surface area contributed by atoms with Gasteiger partial charge in [-0.05, 0) is 25.0 Å². The minimum Gasteiger partial charge on any atom is -0.332 e. The van der Waals surface area contributed by atoms with Crippen LogP contribution >= 0.6 is 22.9 Å². The monoisotopic (exact) mass is 373 g/mol. The predicted molar refractivity (Wildman–Crippen MR) is 104 cm³/mol. The van der Waals surface area contributed by atoms with Crippen LogP contribution in [0.15, 0.2) is 48.0 Å². The van der Waals surface area contributed by atoms with Crippen LogP contribution in [-0.2, 0) is 11.3 Å². The van der Waals surface area contributed by atoms with Crippen LogP contribution in [0.3, 0.4) is 0 Å². The second-order valence-corrected chi connectivity index (χ2v) is 7.12. The summed E-state index contributed by atoms with van der Waals surface area (Å²) in [5.74, 6) is -0.0283. The Bertz CT molecular complexity index is 885. The molecule has 0 aliphatic carbocycles. The number of halogens is 1. The van der Waals surface area contributed by atoms with Gasteiger partial charge in [0.05, 0.1) is 5.69 Å². The van der Waals surface area contributed by atoms with Crippen molar-refractivity contribution in [2.45, 2.75) is 32.9 Å². The summed E-state index contributed by atoms with van der Waals surface area (Å²) in [6, 6.07) is 10.2. The van der Waals surface area contributed by atoms with Crippen molar-refractivity contribution in [3.8, 4) is 0 Å². The van der Waals surface area contributed by atoms with Crippen molar-refractivity contribution in [1.82, 2.24) is 14.3 Å². The number of benzene rings is 1. The third kappa shape index (κ3) is 3.94. The topological polar surface area (TPSA) is 37.6 Å². The van der Waals surface area contributed by atoms with E-state index in [2.05, 4.69) is 18.8 Å². The Kier molecular flexibility index (Phi) is 5.56. The summed E-state index contributed by atoms with van der Waals surface area (Å²) in [5, 5.41) is 2.35. The standard InChI is InChI=1S/C19H20ClN3OS/c1-3-14(2)23(13-15-7-5-4-6-8-15)17(24)10-9-16-18(20)21-19-22(16)11-12-25-19/h4-12,14H,3,13H2,1-2H3/b10-9+. The molecule has 25 heavy (non-hydrogen) atoms. The second-order valence-electron chi connectivity index (χ2n) is 5.89. The van der Waals surface area contributed by atoms with Gasteiger partial charge in [0.15, 0.2) is 10.1 Å². The van der Waals surface area contributed by atoms with E-state index in [1.165, 1.54) is 11.3 Å². The molecule has 1 aromatic carbocycles. The fraction of sp³-hybridized carbons (Fsp3) is 0.263. The fourth-order valence-electron chi connectivity index (χ4n) is 2.62. The number of carbonyl (C=O) groups is 1. The highest BCUT2D eigenvalue weighted by molar-refractivity contribution is 7.15. The van der Waals surface area contributed by atoms with Crippen LogP contribution in [0.4, 0.5) is 0 Å². The van der Waals surface area contributed by atoms with Crippen LogP contribution < -0.4 is 0 Å². The van der Waals surface area contributed by atoms with Crippen molar-refractivity contribution in [1.29, 1.82) is 0 Å². The molecule has 4 nitrogen and oxygen atoms in total. The highest BCUT2D eigenvalue weighted by atomic mass is 35.5. The maximum absolute atomic E-state index is 12.8. The van der Waals surface area contributed by atoms with Crippen LogP contribution in [0.2, 0.25) is 5.15 Å². The zero-order valence-corrected chi connectivity index (χ0v) is 15.8. The van der Waals surface area contributed by atoms with Crippen molar-refractivity contribution in [2.24, 2.45) is 0 Å². The van der Waals surface area contributed by atoms with Crippen molar-refractivity contribution in [2.75, 3.05) is 0 Å². The molecule has 1 amide bonds. The largest absolute Gasteiger partial charge is 0.332 e. The van der Waals surface area contributed by atoms with Crippen molar-refractivity contribution in [3.63, 3.8) is 0 Å². The highest BCUT2D eigenvalue weighted by Gasteiger charge is 2.17. The van der Waals surface area contributed by atoms with E-state index in [0.29, 0.717) is 11.7 Å². The Labute approximate surface area is 156 Å². The lowest BCUT2D eigenvalue weighted by atomic mass is 10.1. The number of carbonyl (C=O) groups excluding carboxylic acids is 1. The molecule has 1 unspecified atom stereocenters. The summed E-state index contributed by atoms with van der Waals surface area (Å²) in [6.07, 6.45) is 6.13. The first-order valence-electron chi connectivity index (χ1n) is 8.23. The first-order valence-corrected chi connectivity index (χ1v) is 9.49. The van der Waals surface area contributed by atoms with Crippen molar-refractivity contribution < 1.29 is 4.79 Å². The van der Waals surface area contributed by atoms with E-state index in [1.807, 2.05) is 51.2 Å². The van der Waals surface area contributed by atoms with Crippen LogP contribution in [0.1, 0.15) is 31.5 Å². The van der Waals surface area contributed by atoms with Gasteiger partial charge in [-0.1, -0.05) is 48.9 Å². The molecule has 2 aromatic heterocycles. The van der Waals surface area contributed by atoms with Gasteiger partial charge in [0, 0.05) is 30.2 Å². The van der Waals surface area contributed by atoms with E-state index in [4.69, 9.17) is 11.6 Å². The van der Waals surface area contributed by atoms with E-state index in [-0.39, 0.29) is 11.9 Å². The average molecular weight is 374 g/mol. The molecule has 3 aromatic rings. The van der Waals surface area contributed by atoms with Gasteiger partial charge in [-0.15, -0.1) is 11.3 Å². The lowest BCUT2D eigenvalue weighted by Crippen LogP contribution is -2.36. The Morgan fingerprint density at radius 3 is 2.88 bits per heavy atom. The van der Waals surface area contributed by atoms with Gasteiger partial charge in [0.2, 0.25) is 5.91 Å². The summed E-state index contributed by atoms with van der Waals surface area (Å²) >= 11 is 7.70. The predicted octanol–water partition coefficient (Wildman–Crippen LogP) is 4.89. The number of rotatable bonds is 6. The van der Waals surface area contributed by atoms with Crippen LogP contribution in [-0.4, -0.2) is 26.2 Å². The zero-order chi connectivity index (χ0) is 17.8. The summed E-state index contributed by atoms with van der Waals surface area (Å²) in [5.41, 5.74) is 1.85. The van der Waals surface area contributed by atoms with E-state index < -0.39 is 0 Å². The number of hydrogen-bond donors (Lipinski definition) is 0. The molecule has 6 heteroatoms. The summed E-state index contributed by atoms with van der Waals surface area (Å²) < 4.78 is 1.89. The molecular weight excluding hydrogens is 354 g/mol. The second kappa shape index (κ2) is 7.85. The van der Waals surface area contributed by atoms with Gasteiger partial charge in [-0.3, -0.25) is 9.20 Å². The molecule has 2 heterocycles. The van der Waals surface area contributed by atoms with Gasteiger partial charge >= 0.3 is 0 Å². The number of amides is 1. The van der Waals surface area contributed by atoms with E-state index >= 15 is 0 Å². The van der Waals surface area contributed by atoms with E-state index in [1.54, 1.807) is 12.2 Å². The molecular formula is C19H20ClN3OS. The molecule has 0 spiro atoms. The van der Waals surface area contributed by atoms with Gasteiger partial charge in [-0.2, -0.15) is 0 Å². The lowest BCUT2D eigenvalue weighted by Gasteiger charge is -2.27. The Morgan fingerprint density at radius 2 is 2.16 bits per heavy atom. The number of imidazole rings is 1. The summed E-state index contributed by atoms with van der Waals surface area (Å²) in [4.78, 5) is 19.8. The van der Waals surface area contributed by atoms with E-state index in [9.17, 15) is 4.79 Å². The maximum atomic E-state index is 12.8. The molecule has 0 fully saturated rings. The van der Waals surface area contributed by atoms with Crippen LogP contribution in [0.25, 0.3) is 11.0 Å². The molecule has 1 atom stereocenters. The third-order valence-electron chi connectivity index (χ3n) is 4.24. The van der Waals surface area contributed by atoms with Crippen molar-refractivity contribution >= 4 is 39.9 Å². The third-order valence-corrected chi connectivity index (χ3v) is 5.27. The lowest BCUT2D eigenvalue weighted by molar-refractivity contribution is -0.128. The normalized spacial score (nSPS) is 12.8. The number of aromatic nitrogens is 2. The Hall–Kier alpha value is -2.11. The molecule has 0 aliphatic rings. The minimum absolute atomic E-state index is 0.0283. The number of nitrogens with zero attached hydrogens (tertiary/aromatic N) is 3. The zero-order valence-electron chi connectivity index (χ0n) is 14.2. The van der Waals surface area contributed by atoms with Gasteiger partial charge in [0.25, 0.3) is 0 Å². The molecule has 0 aliphatic heterocycles. The molecule has 0 radical (unpaired) electrons. The first-order chi connectivity index (χ1) is 12.1. The van der Waals surface area contributed by atoms with Gasteiger partial charge < -0.3 is 4.90 Å². The number of fused-ring (bicyclic) bond motifs is 1. The van der Waals surface area contributed by atoms with Gasteiger partial charge in [-0.25, -0.2) is 4.98 Å². The quantitative estimate of drug-likeness (QED) is 0.577. The SMILES string of the molecule is CCC(C)N(Cc1ccccc1)C(=O)/C=C/c1c(Cl)nc2sccn12. The Balaban J connectivity index is 1.82. The fourth-order valence-corrected chi connectivity index (χ4v) is 3.63.